The highest BCUT2D eigenvalue weighted by atomic mass is 35.5. The fourth-order valence-electron chi connectivity index (χ4n) is 2.62. The molecule has 1 atom stereocenters. The topological polar surface area (TPSA) is 107 Å². The van der Waals surface area contributed by atoms with Gasteiger partial charge in [-0.3, -0.25) is 4.79 Å². The van der Waals surface area contributed by atoms with Crippen molar-refractivity contribution >= 4 is 33.5 Å². The van der Waals surface area contributed by atoms with Crippen molar-refractivity contribution in [2.75, 3.05) is 13.1 Å². The van der Waals surface area contributed by atoms with Gasteiger partial charge in [-0.2, -0.15) is 4.31 Å². The average Bonchev–Trinajstić information content (AvgIpc) is 2.67. The second kappa shape index (κ2) is 9.18. The summed E-state index contributed by atoms with van der Waals surface area (Å²) in [5.74, 6) is -1.73. The zero-order chi connectivity index (χ0) is 20.9. The van der Waals surface area contributed by atoms with E-state index in [4.69, 9.17) is 22.1 Å². The van der Waals surface area contributed by atoms with Crippen molar-refractivity contribution < 1.29 is 22.7 Å². The van der Waals surface area contributed by atoms with E-state index in [0.717, 1.165) is 6.07 Å². The van der Waals surface area contributed by atoms with E-state index in [1.807, 2.05) is 0 Å². The Balaban J connectivity index is 2.38. The number of sulfonamides is 1. The lowest BCUT2D eigenvalue weighted by Gasteiger charge is -2.20. The molecule has 150 valence electrons. The molecular weight excluding hydrogens is 404 g/mol. The van der Waals surface area contributed by atoms with Crippen LogP contribution < -0.4 is 5.73 Å². The molecule has 2 N–H and O–H groups in total. The molecule has 0 saturated heterocycles. The molecule has 0 saturated carbocycles. The lowest BCUT2D eigenvalue weighted by Crippen LogP contribution is -2.31. The molecule has 0 aliphatic carbocycles. The van der Waals surface area contributed by atoms with Crippen molar-refractivity contribution in [3.8, 4) is 0 Å². The molecule has 0 fully saturated rings. The van der Waals surface area contributed by atoms with E-state index >= 15 is 0 Å². The number of primary amides is 1. The normalized spacial score (nSPS) is 12.6. The Labute approximate surface area is 169 Å². The molecule has 2 rings (SSSR count). The standard InChI is InChI=1S/C19H21ClN2O5S/c1-3-22(4-2)28(25,26)16-12-14(10-11-15(16)20)19(24)27-17(18(21)23)13-8-6-5-7-9-13/h5-12,17H,3-4H2,1-2H3,(H2,21,23). The zero-order valence-corrected chi connectivity index (χ0v) is 17.0. The van der Waals surface area contributed by atoms with E-state index in [0.29, 0.717) is 5.56 Å². The van der Waals surface area contributed by atoms with Gasteiger partial charge in [0.2, 0.25) is 16.1 Å². The summed E-state index contributed by atoms with van der Waals surface area (Å²) in [6.45, 7) is 3.90. The first-order valence-corrected chi connectivity index (χ1v) is 10.4. The highest BCUT2D eigenvalue weighted by Crippen LogP contribution is 2.27. The highest BCUT2D eigenvalue weighted by molar-refractivity contribution is 7.89. The van der Waals surface area contributed by atoms with Crippen molar-refractivity contribution in [2.45, 2.75) is 24.8 Å². The quantitative estimate of drug-likeness (QED) is 0.655. The number of rotatable bonds is 8. The Morgan fingerprint density at radius 2 is 1.71 bits per heavy atom. The summed E-state index contributed by atoms with van der Waals surface area (Å²) in [5.41, 5.74) is 5.71. The Bertz CT molecular complexity index is 960. The molecule has 0 spiro atoms. The third-order valence-electron chi connectivity index (χ3n) is 4.08. The van der Waals surface area contributed by atoms with E-state index in [9.17, 15) is 18.0 Å². The van der Waals surface area contributed by atoms with Crippen LogP contribution in [0.1, 0.15) is 35.9 Å². The smallest absolute Gasteiger partial charge is 0.339 e. The van der Waals surface area contributed by atoms with Crippen molar-refractivity contribution in [3.63, 3.8) is 0 Å². The number of hydrogen-bond acceptors (Lipinski definition) is 5. The van der Waals surface area contributed by atoms with Crippen LogP contribution in [0.2, 0.25) is 5.02 Å². The van der Waals surface area contributed by atoms with Crippen LogP contribution in [0.4, 0.5) is 0 Å². The van der Waals surface area contributed by atoms with Gasteiger partial charge in [0.15, 0.2) is 0 Å². The fourth-order valence-corrected chi connectivity index (χ4v) is 4.58. The Morgan fingerprint density at radius 1 is 1.11 bits per heavy atom. The number of hydrogen-bond donors (Lipinski definition) is 1. The first-order chi connectivity index (χ1) is 13.2. The summed E-state index contributed by atoms with van der Waals surface area (Å²) >= 11 is 6.06. The van der Waals surface area contributed by atoms with Crippen LogP contribution in [0.5, 0.6) is 0 Å². The maximum absolute atomic E-state index is 12.8. The predicted molar refractivity (Wildman–Crippen MR) is 105 cm³/mol. The molecule has 28 heavy (non-hydrogen) atoms. The summed E-state index contributed by atoms with van der Waals surface area (Å²) in [4.78, 5) is 24.1. The lowest BCUT2D eigenvalue weighted by atomic mass is 10.1. The zero-order valence-electron chi connectivity index (χ0n) is 15.5. The lowest BCUT2D eigenvalue weighted by molar-refractivity contribution is -0.127. The number of halogens is 1. The van der Waals surface area contributed by atoms with Crippen molar-refractivity contribution in [2.24, 2.45) is 5.73 Å². The van der Waals surface area contributed by atoms with Gasteiger partial charge in [0.25, 0.3) is 5.91 Å². The van der Waals surface area contributed by atoms with Crippen molar-refractivity contribution in [3.05, 3.63) is 64.7 Å². The minimum Gasteiger partial charge on any atom is -0.444 e. The van der Waals surface area contributed by atoms with Gasteiger partial charge in [-0.1, -0.05) is 55.8 Å². The maximum atomic E-state index is 12.8. The molecule has 7 nitrogen and oxygen atoms in total. The SMILES string of the molecule is CCN(CC)S(=O)(=O)c1cc(C(=O)OC(C(N)=O)c2ccccc2)ccc1Cl. The maximum Gasteiger partial charge on any atom is 0.339 e. The van der Waals surface area contributed by atoms with E-state index in [2.05, 4.69) is 0 Å². The summed E-state index contributed by atoms with van der Waals surface area (Å²) in [6, 6.07) is 12.1. The monoisotopic (exact) mass is 424 g/mol. The molecule has 1 amide bonds. The number of ether oxygens (including phenoxy) is 1. The average molecular weight is 425 g/mol. The van der Waals surface area contributed by atoms with Crippen LogP contribution >= 0.6 is 11.6 Å². The Hall–Kier alpha value is -2.42. The van der Waals surface area contributed by atoms with E-state index in [1.54, 1.807) is 44.2 Å². The van der Waals surface area contributed by atoms with Crippen LogP contribution in [0.15, 0.2) is 53.4 Å². The van der Waals surface area contributed by atoms with Crippen LogP contribution in [0, 0.1) is 0 Å². The molecule has 0 aromatic heterocycles. The number of esters is 1. The molecule has 1 unspecified atom stereocenters. The van der Waals surface area contributed by atoms with Gasteiger partial charge in [-0.25, -0.2) is 13.2 Å². The molecule has 2 aromatic carbocycles. The van der Waals surface area contributed by atoms with Crippen molar-refractivity contribution in [1.29, 1.82) is 0 Å². The molecule has 9 heteroatoms. The second-order valence-electron chi connectivity index (χ2n) is 5.83. The Kier molecular flexibility index (Phi) is 7.17. The summed E-state index contributed by atoms with van der Waals surface area (Å²) in [7, 11) is -3.88. The molecular formula is C19H21ClN2O5S. The van der Waals surface area contributed by atoms with Crippen LogP contribution in [0.25, 0.3) is 0 Å². The second-order valence-corrected chi connectivity index (χ2v) is 8.15. The molecule has 0 bridgehead atoms. The molecule has 0 aliphatic heterocycles. The number of carbonyl (C=O) groups is 2. The third-order valence-corrected chi connectivity index (χ3v) is 6.61. The summed E-state index contributed by atoms with van der Waals surface area (Å²) < 4.78 is 32.0. The van der Waals surface area contributed by atoms with Gasteiger partial charge >= 0.3 is 5.97 Å². The van der Waals surface area contributed by atoms with Gasteiger partial charge in [0.05, 0.1) is 10.6 Å². The minimum absolute atomic E-state index is 0.0158. The van der Waals surface area contributed by atoms with Crippen molar-refractivity contribution in [1.82, 2.24) is 4.31 Å². The number of benzene rings is 2. The third kappa shape index (κ3) is 4.70. The van der Waals surface area contributed by atoms with Gasteiger partial charge in [-0.15, -0.1) is 0 Å². The van der Waals surface area contributed by atoms with Crippen LogP contribution in [-0.4, -0.2) is 37.7 Å². The minimum atomic E-state index is -3.88. The summed E-state index contributed by atoms with van der Waals surface area (Å²) in [6.07, 6.45) is -1.30. The largest absolute Gasteiger partial charge is 0.444 e. The highest BCUT2D eigenvalue weighted by Gasteiger charge is 2.28. The number of amides is 1. The molecule has 0 radical (unpaired) electrons. The number of nitrogens with zero attached hydrogens (tertiary/aromatic N) is 1. The van der Waals surface area contributed by atoms with Crippen LogP contribution in [0.3, 0.4) is 0 Å². The fraction of sp³-hybridized carbons (Fsp3) is 0.263. The van der Waals surface area contributed by atoms with Crippen LogP contribution in [-0.2, 0) is 19.6 Å². The van der Waals surface area contributed by atoms with E-state index in [1.165, 1.54) is 16.4 Å². The van der Waals surface area contributed by atoms with Gasteiger partial charge in [0.1, 0.15) is 4.90 Å². The predicted octanol–water partition coefficient (Wildman–Crippen LogP) is 2.75. The van der Waals surface area contributed by atoms with Gasteiger partial charge in [0, 0.05) is 18.7 Å². The van der Waals surface area contributed by atoms with E-state index < -0.39 is 28.0 Å². The molecule has 0 heterocycles. The summed E-state index contributed by atoms with van der Waals surface area (Å²) in [5, 5.41) is -0.0158. The van der Waals surface area contributed by atoms with Gasteiger partial charge < -0.3 is 10.5 Å². The number of nitrogens with two attached hydrogens (primary N) is 1. The first kappa shape index (κ1) is 21.9. The van der Waals surface area contributed by atoms with Gasteiger partial charge in [-0.05, 0) is 18.2 Å². The van der Waals surface area contributed by atoms with E-state index in [-0.39, 0.29) is 28.6 Å². The number of carbonyl (C=O) groups excluding carboxylic acids is 2. The first-order valence-electron chi connectivity index (χ1n) is 8.57. The molecule has 2 aromatic rings. The Morgan fingerprint density at radius 3 is 2.25 bits per heavy atom. The molecule has 0 aliphatic rings.